The molecule has 10 nitrogen and oxygen atoms in total. The molecule has 1 aliphatic carbocycles. The van der Waals surface area contributed by atoms with Crippen LogP contribution in [0.15, 0.2) is 83.3 Å². The number of urea groups is 1. The molecule has 0 radical (unpaired) electrons. The Bertz CT molecular complexity index is 1260. The summed E-state index contributed by atoms with van der Waals surface area (Å²) in [5.41, 5.74) is 5.78. The Labute approximate surface area is 197 Å². The Balaban J connectivity index is 1.97. The lowest BCUT2D eigenvalue weighted by atomic mass is 9.82. The molecule has 2 amide bonds. The Morgan fingerprint density at radius 1 is 1.18 bits per heavy atom. The summed E-state index contributed by atoms with van der Waals surface area (Å²) in [7, 11) is -4.03. The minimum Gasteiger partial charge on any atom is -0.481 e. The van der Waals surface area contributed by atoms with Crippen molar-refractivity contribution in [3.63, 3.8) is 0 Å². The van der Waals surface area contributed by atoms with Gasteiger partial charge in [-0.15, -0.1) is 5.01 Å². The van der Waals surface area contributed by atoms with Gasteiger partial charge in [0.25, 0.3) is 6.34 Å². The maximum absolute atomic E-state index is 13.4. The number of carboxylic acid groups (broad SMARTS) is 1. The number of allylic oxidation sites excluding steroid dienone is 2. The fourth-order valence-electron chi connectivity index (χ4n) is 3.55. The highest BCUT2D eigenvalue weighted by atomic mass is 32.2. The fraction of sp³-hybridized carbons (Fsp3) is 0.174. The number of rotatable bonds is 9. The monoisotopic (exact) mass is 484 g/mol. The molecule has 0 spiro atoms. The lowest BCUT2D eigenvalue weighted by Gasteiger charge is -2.34. The van der Waals surface area contributed by atoms with Gasteiger partial charge in [-0.2, -0.15) is 10.6 Å². The van der Waals surface area contributed by atoms with Crippen molar-refractivity contribution in [3.8, 4) is 0 Å². The Morgan fingerprint density at radius 2 is 1.91 bits per heavy atom. The van der Waals surface area contributed by atoms with Crippen molar-refractivity contribution in [1.82, 2.24) is 9.73 Å². The predicted octanol–water partition coefficient (Wildman–Crippen LogP) is 0.606. The highest BCUT2D eigenvalue weighted by Gasteiger charge is 2.36. The molecule has 0 fully saturated rings. The van der Waals surface area contributed by atoms with Crippen molar-refractivity contribution in [1.29, 1.82) is 0 Å². The fourth-order valence-corrected chi connectivity index (χ4v) is 4.95. The van der Waals surface area contributed by atoms with Crippen LogP contribution in [0, 0.1) is 0 Å². The number of nitrogens with one attached hydrogen (secondary N) is 2. The summed E-state index contributed by atoms with van der Waals surface area (Å²) in [5.74, 6) is 4.48. The van der Waals surface area contributed by atoms with Crippen LogP contribution < -0.4 is 21.3 Å². The first-order valence-electron chi connectivity index (χ1n) is 10.3. The van der Waals surface area contributed by atoms with E-state index in [1.807, 2.05) is 42.5 Å². The number of hydrogen-bond donors (Lipinski definition) is 5. The van der Waals surface area contributed by atoms with E-state index in [-0.39, 0.29) is 17.7 Å². The van der Waals surface area contributed by atoms with Gasteiger partial charge in [-0.25, -0.2) is 18.2 Å². The molecule has 1 unspecified atom stereocenters. The molecule has 2 aromatic rings. The molecule has 7 N–H and O–H groups in total. The molecule has 0 aromatic heterocycles. The van der Waals surface area contributed by atoms with Crippen LogP contribution in [0.25, 0.3) is 0 Å². The summed E-state index contributed by atoms with van der Waals surface area (Å²) in [6, 6.07) is 14.2. The maximum atomic E-state index is 13.4. The zero-order valence-corrected chi connectivity index (χ0v) is 19.0. The van der Waals surface area contributed by atoms with Crippen molar-refractivity contribution >= 4 is 34.0 Å². The smallest absolute Gasteiger partial charge is 0.424 e. The van der Waals surface area contributed by atoms with E-state index in [0.717, 1.165) is 17.5 Å². The summed E-state index contributed by atoms with van der Waals surface area (Å²) >= 11 is 0. The van der Waals surface area contributed by atoms with Crippen LogP contribution in [-0.2, 0) is 20.4 Å². The average Bonchev–Trinajstić information content (AvgIpc) is 2.82. The number of carbonyl (C=O) groups excluding carboxylic acids is 1. The summed E-state index contributed by atoms with van der Waals surface area (Å²) < 4.78 is 29.7. The number of nitrogens with two attached hydrogens (primary N) is 2. The van der Waals surface area contributed by atoms with Gasteiger partial charge in [-0.05, 0) is 36.1 Å². The zero-order valence-electron chi connectivity index (χ0n) is 18.2. The Kier molecular flexibility index (Phi) is 7.61. The standard InChI is InChI=1S/C23H25N5O5S/c24-22(31)28(25)16-26-19-9-4-10-20(14-19)34(32,33)27-23(18-7-2-1-3-8-18)13-5-6-17(15-23)11-12-21(29)30/h1-10,14-16,27H,11-13,25H2,(H2,24,31)(H,29,30)/p+1. The molecule has 0 heterocycles. The first-order valence-corrected chi connectivity index (χ1v) is 11.8. The van der Waals surface area contributed by atoms with Gasteiger partial charge in [0.15, 0.2) is 0 Å². The maximum Gasteiger partial charge on any atom is 0.424 e. The number of aliphatic carboxylic acids is 1. The molecule has 34 heavy (non-hydrogen) atoms. The molecule has 11 heteroatoms. The van der Waals surface area contributed by atoms with Crippen molar-refractivity contribution in [3.05, 3.63) is 84.0 Å². The molecule has 178 valence electrons. The summed E-state index contributed by atoms with van der Waals surface area (Å²) in [5, 5.41) is 9.68. The van der Waals surface area contributed by atoms with Crippen molar-refractivity contribution in [2.45, 2.75) is 29.7 Å². The van der Waals surface area contributed by atoms with Crippen molar-refractivity contribution < 1.29 is 28.1 Å². The Hall–Kier alpha value is -3.80. The van der Waals surface area contributed by atoms with Crippen LogP contribution in [0.3, 0.4) is 0 Å². The van der Waals surface area contributed by atoms with E-state index in [9.17, 15) is 18.0 Å². The second-order valence-corrected chi connectivity index (χ2v) is 9.39. The molecule has 0 aliphatic heterocycles. The number of hydrogen-bond acceptors (Lipinski definition) is 5. The molecule has 1 atom stereocenters. The van der Waals surface area contributed by atoms with Gasteiger partial charge in [-0.3, -0.25) is 4.79 Å². The van der Waals surface area contributed by atoms with Gasteiger partial charge in [0.2, 0.25) is 10.0 Å². The van der Waals surface area contributed by atoms with E-state index in [1.54, 1.807) is 18.2 Å². The van der Waals surface area contributed by atoms with E-state index in [0.29, 0.717) is 17.1 Å². The first kappa shape index (κ1) is 24.8. The van der Waals surface area contributed by atoms with Crippen molar-refractivity contribution in [2.75, 3.05) is 0 Å². The summed E-state index contributed by atoms with van der Waals surface area (Å²) in [6.45, 7) is 0. The van der Waals surface area contributed by atoms with Crippen LogP contribution in [0.5, 0.6) is 0 Å². The van der Waals surface area contributed by atoms with E-state index in [1.165, 1.54) is 12.1 Å². The summed E-state index contributed by atoms with van der Waals surface area (Å²) in [6.07, 6.45) is 7.08. The number of carboxylic acids is 1. The molecule has 0 saturated carbocycles. The lowest BCUT2D eigenvalue weighted by Crippen LogP contribution is -2.67. The highest BCUT2D eigenvalue weighted by Crippen LogP contribution is 2.35. The second kappa shape index (κ2) is 10.4. The molecule has 0 bridgehead atoms. The number of carbonyl (C=O) groups is 2. The number of benzene rings is 2. The van der Waals surface area contributed by atoms with Gasteiger partial charge in [0.05, 0.1) is 10.4 Å². The normalized spacial score (nSPS) is 18.0. The highest BCUT2D eigenvalue weighted by molar-refractivity contribution is 7.89. The lowest BCUT2D eigenvalue weighted by molar-refractivity contribution is -0.353. The topological polar surface area (TPSA) is 170 Å². The first-order chi connectivity index (χ1) is 16.1. The molecular weight excluding hydrogens is 458 g/mol. The number of amides is 2. The van der Waals surface area contributed by atoms with E-state index in [2.05, 4.69) is 9.71 Å². The molecular formula is C23H26N5O5S+. The molecule has 2 aromatic carbocycles. The zero-order chi connectivity index (χ0) is 24.8. The van der Waals surface area contributed by atoms with Gasteiger partial charge in [-0.1, -0.05) is 54.6 Å². The van der Waals surface area contributed by atoms with Gasteiger partial charge in [0.1, 0.15) is 5.69 Å². The molecule has 1 aliphatic rings. The third-order valence-electron chi connectivity index (χ3n) is 5.21. The van der Waals surface area contributed by atoms with Crippen LogP contribution in [0.2, 0.25) is 0 Å². The third-order valence-corrected chi connectivity index (χ3v) is 6.71. The minimum absolute atomic E-state index is 0.0149. The third kappa shape index (κ3) is 6.16. The molecule has 3 rings (SSSR count). The quantitative estimate of drug-likeness (QED) is 0.115. The van der Waals surface area contributed by atoms with Gasteiger partial charge in [0, 0.05) is 12.5 Å². The number of sulfonamides is 1. The van der Waals surface area contributed by atoms with Gasteiger partial charge < -0.3 is 10.8 Å². The second-order valence-electron chi connectivity index (χ2n) is 7.71. The number of primary amides is 1. The van der Waals surface area contributed by atoms with Crippen LogP contribution in [0.4, 0.5) is 10.5 Å². The SMILES string of the molecule is NC(=O)N(N)C=[NH+]c1cccc(S(=O)(=O)NC2(c3ccccc3)C=C(CCC(=O)O)C=CC2)c1. The predicted molar refractivity (Wildman–Crippen MR) is 126 cm³/mol. The number of hydrazine groups is 1. The number of nitrogens with zero attached hydrogens (tertiary/aromatic N) is 1. The van der Waals surface area contributed by atoms with Gasteiger partial charge >= 0.3 is 12.0 Å². The average molecular weight is 485 g/mol. The largest absolute Gasteiger partial charge is 0.481 e. The summed E-state index contributed by atoms with van der Waals surface area (Å²) in [4.78, 5) is 24.8. The van der Waals surface area contributed by atoms with E-state index < -0.39 is 27.6 Å². The van der Waals surface area contributed by atoms with Crippen LogP contribution >= 0.6 is 0 Å². The Morgan fingerprint density at radius 3 is 2.59 bits per heavy atom. The van der Waals surface area contributed by atoms with E-state index >= 15 is 0 Å². The minimum atomic E-state index is -4.03. The van der Waals surface area contributed by atoms with Crippen LogP contribution in [-0.4, -0.2) is 36.9 Å². The van der Waals surface area contributed by atoms with Crippen LogP contribution in [0.1, 0.15) is 24.8 Å². The van der Waals surface area contributed by atoms with Crippen molar-refractivity contribution in [2.24, 2.45) is 11.6 Å². The molecule has 0 saturated heterocycles. The van der Waals surface area contributed by atoms with E-state index in [4.69, 9.17) is 16.7 Å².